The summed E-state index contributed by atoms with van der Waals surface area (Å²) >= 11 is 6.01. The Morgan fingerprint density at radius 3 is 2.09 bits per heavy atom. The lowest BCUT2D eigenvalue weighted by Gasteiger charge is -2.35. The highest BCUT2D eigenvalue weighted by Gasteiger charge is 2.27. The number of anilines is 3. The number of carbonyl (C=O) groups excluding carboxylic acids is 2. The molecule has 0 radical (unpaired) electrons. The van der Waals surface area contributed by atoms with Crippen LogP contribution in [-0.4, -0.2) is 43.0 Å². The predicted molar refractivity (Wildman–Crippen MR) is 135 cm³/mol. The molecule has 2 N–H and O–H groups in total. The molecule has 2 heterocycles. The van der Waals surface area contributed by atoms with Gasteiger partial charge in [0.2, 0.25) is 0 Å². The van der Waals surface area contributed by atoms with Crippen molar-refractivity contribution < 1.29 is 9.59 Å². The molecule has 0 saturated carbocycles. The van der Waals surface area contributed by atoms with Gasteiger partial charge in [0.05, 0.1) is 5.56 Å². The van der Waals surface area contributed by atoms with Gasteiger partial charge in [-0.05, 0) is 73.9 Å². The Bertz CT molecular complexity index is 996. The maximum absolute atomic E-state index is 13.6. The summed E-state index contributed by atoms with van der Waals surface area (Å²) in [7, 11) is 0. The summed E-state index contributed by atoms with van der Waals surface area (Å²) in [6.45, 7) is 7.98. The van der Waals surface area contributed by atoms with Crippen LogP contribution >= 0.6 is 11.6 Å². The normalized spacial score (nSPS) is 17.7. The first-order valence-corrected chi connectivity index (χ1v) is 12.3. The highest BCUT2D eigenvalue weighted by atomic mass is 35.5. The molecular formula is C26H33ClN4O2. The molecule has 0 aliphatic carbocycles. The van der Waals surface area contributed by atoms with E-state index in [1.807, 2.05) is 23.1 Å². The standard InChI is InChI=1S/C26H33ClN4O2/c1-18-8-12-30(13-9-18)24-7-6-22(29-26(33)28-21-5-3-4-20(27)16-21)17-23(24)25(32)31-14-10-19(2)11-15-31/h3-7,16-19H,8-15H2,1-2H3,(H2,28,29,33). The Hall–Kier alpha value is -2.73. The first-order chi connectivity index (χ1) is 15.9. The molecule has 0 bridgehead atoms. The Balaban J connectivity index is 1.55. The van der Waals surface area contributed by atoms with Crippen LogP contribution in [0.1, 0.15) is 49.9 Å². The molecule has 2 aromatic carbocycles. The number of likely N-dealkylation sites (tertiary alicyclic amines) is 1. The molecule has 2 aromatic rings. The Morgan fingerprint density at radius 1 is 0.848 bits per heavy atom. The number of piperidine rings is 2. The van der Waals surface area contributed by atoms with Gasteiger partial charge in [0.25, 0.3) is 5.91 Å². The van der Waals surface area contributed by atoms with Crippen LogP contribution in [-0.2, 0) is 0 Å². The summed E-state index contributed by atoms with van der Waals surface area (Å²) in [6, 6.07) is 12.3. The van der Waals surface area contributed by atoms with Gasteiger partial charge in [-0.3, -0.25) is 4.79 Å². The van der Waals surface area contributed by atoms with E-state index in [0.29, 0.717) is 33.8 Å². The van der Waals surface area contributed by atoms with E-state index in [1.165, 1.54) is 0 Å². The van der Waals surface area contributed by atoms with Crippen molar-refractivity contribution in [2.75, 3.05) is 41.7 Å². The molecule has 0 atom stereocenters. The van der Waals surface area contributed by atoms with Crippen molar-refractivity contribution in [2.45, 2.75) is 39.5 Å². The van der Waals surface area contributed by atoms with Crippen LogP contribution in [0.4, 0.5) is 21.9 Å². The lowest BCUT2D eigenvalue weighted by Crippen LogP contribution is -2.40. The summed E-state index contributed by atoms with van der Waals surface area (Å²) < 4.78 is 0. The fourth-order valence-corrected chi connectivity index (χ4v) is 4.74. The number of nitrogens with one attached hydrogen (secondary N) is 2. The van der Waals surface area contributed by atoms with Gasteiger partial charge < -0.3 is 20.4 Å². The fourth-order valence-electron chi connectivity index (χ4n) is 4.55. The van der Waals surface area contributed by atoms with Crippen molar-refractivity contribution in [1.82, 2.24) is 4.90 Å². The van der Waals surface area contributed by atoms with Gasteiger partial charge in [0, 0.05) is 48.3 Å². The van der Waals surface area contributed by atoms with Crippen LogP contribution < -0.4 is 15.5 Å². The SMILES string of the molecule is CC1CCN(C(=O)c2cc(NC(=O)Nc3cccc(Cl)c3)ccc2N2CCC(C)CC2)CC1. The molecule has 2 aliphatic rings. The van der Waals surface area contributed by atoms with E-state index in [0.717, 1.165) is 57.5 Å². The minimum atomic E-state index is -0.373. The van der Waals surface area contributed by atoms with Crippen LogP contribution in [0, 0.1) is 11.8 Å². The lowest BCUT2D eigenvalue weighted by atomic mass is 9.96. The first-order valence-electron chi connectivity index (χ1n) is 11.9. The predicted octanol–water partition coefficient (Wildman–Crippen LogP) is 6.09. The van der Waals surface area contributed by atoms with Crippen molar-refractivity contribution >= 4 is 40.6 Å². The summed E-state index contributed by atoms with van der Waals surface area (Å²) in [5, 5.41) is 6.21. The molecule has 4 rings (SSSR count). The molecule has 2 fully saturated rings. The van der Waals surface area contributed by atoms with Gasteiger partial charge in [-0.25, -0.2) is 4.79 Å². The maximum Gasteiger partial charge on any atom is 0.323 e. The van der Waals surface area contributed by atoms with Crippen LogP contribution in [0.2, 0.25) is 5.02 Å². The van der Waals surface area contributed by atoms with Crippen molar-refractivity contribution in [3.63, 3.8) is 0 Å². The average Bonchev–Trinajstić information content (AvgIpc) is 2.80. The van der Waals surface area contributed by atoms with Gasteiger partial charge in [0.15, 0.2) is 0 Å². The van der Waals surface area contributed by atoms with E-state index in [4.69, 9.17) is 11.6 Å². The summed E-state index contributed by atoms with van der Waals surface area (Å²) in [6.07, 6.45) is 4.30. The molecule has 6 nitrogen and oxygen atoms in total. The molecule has 33 heavy (non-hydrogen) atoms. The smallest absolute Gasteiger partial charge is 0.323 e. The highest BCUT2D eigenvalue weighted by Crippen LogP contribution is 2.31. The summed E-state index contributed by atoms with van der Waals surface area (Å²) in [5.74, 6) is 1.41. The van der Waals surface area contributed by atoms with E-state index in [1.54, 1.807) is 24.3 Å². The first kappa shape index (κ1) is 23.4. The number of halogens is 1. The van der Waals surface area contributed by atoms with Gasteiger partial charge in [0.1, 0.15) is 0 Å². The fraction of sp³-hybridized carbons (Fsp3) is 0.462. The van der Waals surface area contributed by atoms with Crippen molar-refractivity contribution in [3.05, 3.63) is 53.1 Å². The molecule has 3 amide bonds. The van der Waals surface area contributed by atoms with Crippen LogP contribution in [0.5, 0.6) is 0 Å². The number of benzene rings is 2. The molecule has 0 spiro atoms. The largest absolute Gasteiger partial charge is 0.371 e. The third-order valence-corrected chi connectivity index (χ3v) is 7.00. The van der Waals surface area contributed by atoms with Crippen LogP contribution in [0.15, 0.2) is 42.5 Å². The zero-order chi connectivity index (χ0) is 23.4. The molecular weight excluding hydrogens is 436 g/mol. The van der Waals surface area contributed by atoms with E-state index < -0.39 is 0 Å². The van der Waals surface area contributed by atoms with E-state index in [9.17, 15) is 9.59 Å². The Morgan fingerprint density at radius 2 is 1.45 bits per heavy atom. The maximum atomic E-state index is 13.6. The lowest BCUT2D eigenvalue weighted by molar-refractivity contribution is 0.0697. The van der Waals surface area contributed by atoms with Gasteiger partial charge in [-0.15, -0.1) is 0 Å². The number of urea groups is 1. The van der Waals surface area contributed by atoms with E-state index in [-0.39, 0.29) is 11.9 Å². The van der Waals surface area contributed by atoms with Gasteiger partial charge in [-0.2, -0.15) is 0 Å². The summed E-state index contributed by atoms with van der Waals surface area (Å²) in [4.78, 5) is 30.4. The number of hydrogen-bond donors (Lipinski definition) is 2. The number of rotatable bonds is 4. The number of hydrogen-bond acceptors (Lipinski definition) is 3. The number of carbonyl (C=O) groups is 2. The molecule has 7 heteroatoms. The third-order valence-electron chi connectivity index (χ3n) is 6.76. The zero-order valence-electron chi connectivity index (χ0n) is 19.4. The van der Waals surface area contributed by atoms with Crippen molar-refractivity contribution in [3.8, 4) is 0 Å². The highest BCUT2D eigenvalue weighted by molar-refractivity contribution is 6.30. The number of nitrogens with zero attached hydrogens (tertiary/aromatic N) is 2. The van der Waals surface area contributed by atoms with E-state index >= 15 is 0 Å². The van der Waals surface area contributed by atoms with Crippen LogP contribution in [0.3, 0.4) is 0 Å². The molecule has 2 aliphatic heterocycles. The minimum absolute atomic E-state index is 0.0504. The number of amides is 3. The van der Waals surface area contributed by atoms with Crippen molar-refractivity contribution in [2.24, 2.45) is 11.8 Å². The molecule has 176 valence electrons. The van der Waals surface area contributed by atoms with Crippen LogP contribution in [0.25, 0.3) is 0 Å². The van der Waals surface area contributed by atoms with Gasteiger partial charge in [-0.1, -0.05) is 31.5 Å². The Kier molecular flexibility index (Phi) is 7.43. The quantitative estimate of drug-likeness (QED) is 0.570. The zero-order valence-corrected chi connectivity index (χ0v) is 20.2. The molecule has 0 unspecified atom stereocenters. The van der Waals surface area contributed by atoms with Crippen molar-refractivity contribution in [1.29, 1.82) is 0 Å². The average molecular weight is 469 g/mol. The minimum Gasteiger partial charge on any atom is -0.371 e. The van der Waals surface area contributed by atoms with E-state index in [2.05, 4.69) is 29.4 Å². The van der Waals surface area contributed by atoms with Gasteiger partial charge >= 0.3 is 6.03 Å². The monoisotopic (exact) mass is 468 g/mol. The summed E-state index contributed by atoms with van der Waals surface area (Å²) in [5.41, 5.74) is 2.83. The second-order valence-corrected chi connectivity index (χ2v) is 9.90. The molecule has 0 aromatic heterocycles. The molecule has 2 saturated heterocycles. The third kappa shape index (κ3) is 5.99. The Labute approximate surface area is 201 Å². The second-order valence-electron chi connectivity index (χ2n) is 9.47. The topological polar surface area (TPSA) is 64.7 Å². The second kappa shape index (κ2) is 10.5.